The number of phenolic OH excluding ortho intramolecular Hbond substituents is 4. The Balaban J connectivity index is 0.000000176. The largest absolute Gasteiger partial charge is 0.606 e. The van der Waals surface area contributed by atoms with Crippen LogP contribution in [0.1, 0.15) is 0 Å². The predicted molar refractivity (Wildman–Crippen MR) is 121 cm³/mol. The minimum atomic E-state index is -1.29. The predicted octanol–water partition coefficient (Wildman–Crippen LogP) is 5.51. The molecule has 7 heteroatoms. The van der Waals surface area contributed by atoms with Crippen molar-refractivity contribution in [2.24, 2.45) is 0 Å². The van der Waals surface area contributed by atoms with E-state index < -0.39 is 11.2 Å². The first-order valence-electron chi connectivity index (χ1n) is 9.16. The summed E-state index contributed by atoms with van der Waals surface area (Å²) in [5.74, 6) is 0.827. The summed E-state index contributed by atoms with van der Waals surface area (Å²) in [5, 5.41) is 36.5. The molecule has 4 N–H and O–H groups in total. The fourth-order valence-electron chi connectivity index (χ4n) is 2.44. The van der Waals surface area contributed by atoms with E-state index in [9.17, 15) is 4.55 Å². The molecule has 4 aromatic carbocycles. The first-order valence-corrected chi connectivity index (χ1v) is 11.1. The maximum atomic E-state index is 12.0. The van der Waals surface area contributed by atoms with Crippen LogP contribution in [-0.2, 0) is 11.2 Å². The summed E-state index contributed by atoms with van der Waals surface area (Å²) in [7, 11) is 0. The monoisotopic (exact) mass is 452 g/mol. The van der Waals surface area contributed by atoms with Gasteiger partial charge in [0.05, 0.1) is 0 Å². The zero-order chi connectivity index (χ0) is 22.2. The average Bonchev–Trinajstić information content (AvgIpc) is 2.78. The summed E-state index contributed by atoms with van der Waals surface area (Å²) < 4.78 is 12.0. The molecule has 0 fully saturated rings. The van der Waals surface area contributed by atoms with Gasteiger partial charge in [-0.1, -0.05) is 11.8 Å². The average molecular weight is 453 g/mol. The van der Waals surface area contributed by atoms with Crippen LogP contribution in [0, 0.1) is 0 Å². The van der Waals surface area contributed by atoms with Gasteiger partial charge < -0.3 is 25.0 Å². The molecule has 0 radical (unpaired) electrons. The highest BCUT2D eigenvalue weighted by Crippen LogP contribution is 2.29. The van der Waals surface area contributed by atoms with E-state index >= 15 is 0 Å². The maximum absolute atomic E-state index is 12.0. The molecule has 158 valence electrons. The summed E-state index contributed by atoms with van der Waals surface area (Å²) in [6.45, 7) is 0. The molecule has 31 heavy (non-hydrogen) atoms. The number of phenols is 4. The Labute approximate surface area is 187 Å². The normalized spacial score (nSPS) is 10.4. The standard InChI is InChI=1S/C12H10O3S.C12H10O2S/c13-9-1-5-11(6-2-9)16(15)12-7-3-10(14)4-8-12;13-9-1-5-11(6-2-9)15-12-7-3-10(14)4-8-12/h1-8,13-14H;1-8,13-14H. The minimum absolute atomic E-state index is 0.145. The smallest absolute Gasteiger partial charge is 0.158 e. The number of hydrogen-bond acceptors (Lipinski definition) is 6. The van der Waals surface area contributed by atoms with Gasteiger partial charge in [0.25, 0.3) is 0 Å². The highest BCUT2D eigenvalue weighted by atomic mass is 32.2. The maximum Gasteiger partial charge on any atom is 0.158 e. The molecule has 0 saturated heterocycles. The number of benzene rings is 4. The van der Waals surface area contributed by atoms with Gasteiger partial charge in [-0.05, 0) is 97.1 Å². The Kier molecular flexibility index (Phi) is 7.72. The minimum Gasteiger partial charge on any atom is -0.606 e. The summed E-state index contributed by atoms with van der Waals surface area (Å²) in [6, 6.07) is 26.5. The Morgan fingerprint density at radius 1 is 0.452 bits per heavy atom. The Bertz CT molecular complexity index is 992. The van der Waals surface area contributed by atoms with Crippen LogP contribution in [0.25, 0.3) is 0 Å². The van der Waals surface area contributed by atoms with Gasteiger partial charge in [0.2, 0.25) is 0 Å². The summed E-state index contributed by atoms with van der Waals surface area (Å²) in [6.07, 6.45) is 0. The molecule has 0 aliphatic rings. The van der Waals surface area contributed by atoms with Crippen molar-refractivity contribution in [2.45, 2.75) is 19.6 Å². The van der Waals surface area contributed by atoms with E-state index in [-0.39, 0.29) is 23.0 Å². The van der Waals surface area contributed by atoms with Gasteiger partial charge in [-0.15, -0.1) is 0 Å². The quantitative estimate of drug-likeness (QED) is 0.304. The van der Waals surface area contributed by atoms with E-state index in [0.29, 0.717) is 9.79 Å². The van der Waals surface area contributed by atoms with Crippen LogP contribution >= 0.6 is 11.8 Å². The van der Waals surface area contributed by atoms with Gasteiger partial charge in [0, 0.05) is 21.0 Å². The van der Waals surface area contributed by atoms with Crippen molar-refractivity contribution in [2.75, 3.05) is 0 Å². The van der Waals surface area contributed by atoms with Crippen LogP contribution in [0.5, 0.6) is 23.0 Å². The zero-order valence-corrected chi connectivity index (χ0v) is 17.9. The highest BCUT2D eigenvalue weighted by molar-refractivity contribution is 7.99. The van der Waals surface area contributed by atoms with Crippen LogP contribution in [0.2, 0.25) is 0 Å². The molecule has 4 rings (SSSR count). The number of hydrogen-bond donors (Lipinski definition) is 4. The zero-order valence-electron chi connectivity index (χ0n) is 16.3. The summed E-state index contributed by atoms with van der Waals surface area (Å²) >= 11 is 0.297. The van der Waals surface area contributed by atoms with E-state index in [1.807, 2.05) is 24.3 Å². The first kappa shape index (κ1) is 22.4. The molecular weight excluding hydrogens is 432 g/mol. The topological polar surface area (TPSA) is 104 Å². The molecule has 5 nitrogen and oxygen atoms in total. The van der Waals surface area contributed by atoms with Gasteiger partial charge in [0.1, 0.15) is 23.0 Å². The second kappa shape index (κ2) is 10.7. The molecule has 0 amide bonds. The van der Waals surface area contributed by atoms with Crippen molar-refractivity contribution in [3.63, 3.8) is 0 Å². The second-order valence-electron chi connectivity index (χ2n) is 6.35. The van der Waals surface area contributed by atoms with Gasteiger partial charge in [-0.2, -0.15) is 0 Å². The molecule has 4 aromatic rings. The molecule has 0 saturated carbocycles. The van der Waals surface area contributed by atoms with Crippen molar-refractivity contribution in [1.29, 1.82) is 0 Å². The number of aromatic hydroxyl groups is 4. The van der Waals surface area contributed by atoms with Crippen molar-refractivity contribution in [3.8, 4) is 23.0 Å². The summed E-state index contributed by atoms with van der Waals surface area (Å²) in [5.41, 5.74) is 0. The van der Waals surface area contributed by atoms with E-state index in [0.717, 1.165) is 9.79 Å². The molecule has 0 aliphatic carbocycles. The van der Waals surface area contributed by atoms with Crippen LogP contribution in [0.15, 0.2) is 117 Å². The van der Waals surface area contributed by atoms with E-state index in [1.54, 1.807) is 60.3 Å². The molecule has 0 atom stereocenters. The lowest BCUT2D eigenvalue weighted by Crippen LogP contribution is -2.01. The van der Waals surface area contributed by atoms with Crippen LogP contribution in [-0.4, -0.2) is 25.0 Å². The molecule has 0 unspecified atom stereocenters. The third-order valence-corrected chi connectivity index (χ3v) is 6.43. The molecular formula is C24H20O5S2. The molecule has 0 bridgehead atoms. The SMILES string of the molecule is Oc1ccc(Sc2ccc(O)cc2)cc1.[O-][S+](c1ccc(O)cc1)c1ccc(O)cc1. The van der Waals surface area contributed by atoms with Gasteiger partial charge in [-0.3, -0.25) is 0 Å². The fourth-order valence-corrected chi connectivity index (χ4v) is 4.30. The van der Waals surface area contributed by atoms with Crippen LogP contribution in [0.4, 0.5) is 0 Å². The third-order valence-electron chi connectivity index (χ3n) is 4.01. The van der Waals surface area contributed by atoms with Crippen molar-refractivity contribution >= 4 is 22.9 Å². The number of rotatable bonds is 4. The fraction of sp³-hybridized carbons (Fsp3) is 0. The lowest BCUT2D eigenvalue weighted by molar-refractivity contribution is 0.474. The summed E-state index contributed by atoms with van der Waals surface area (Å²) in [4.78, 5) is 3.34. The lowest BCUT2D eigenvalue weighted by atomic mass is 10.3. The van der Waals surface area contributed by atoms with Gasteiger partial charge in [0.15, 0.2) is 9.79 Å². The van der Waals surface area contributed by atoms with Crippen molar-refractivity contribution in [3.05, 3.63) is 97.1 Å². The van der Waals surface area contributed by atoms with Crippen molar-refractivity contribution in [1.82, 2.24) is 0 Å². The van der Waals surface area contributed by atoms with E-state index in [1.165, 1.54) is 24.3 Å². The third kappa shape index (κ3) is 6.89. The molecule has 0 aliphatic heterocycles. The van der Waals surface area contributed by atoms with Crippen molar-refractivity contribution < 1.29 is 25.0 Å². The van der Waals surface area contributed by atoms with Gasteiger partial charge in [-0.25, -0.2) is 0 Å². The molecule has 0 heterocycles. The van der Waals surface area contributed by atoms with E-state index in [4.69, 9.17) is 20.4 Å². The van der Waals surface area contributed by atoms with Crippen LogP contribution in [0.3, 0.4) is 0 Å². The Morgan fingerprint density at radius 3 is 1.00 bits per heavy atom. The van der Waals surface area contributed by atoms with Gasteiger partial charge >= 0.3 is 0 Å². The highest BCUT2D eigenvalue weighted by Gasteiger charge is 2.14. The Morgan fingerprint density at radius 2 is 0.710 bits per heavy atom. The molecule has 0 aromatic heterocycles. The molecule has 0 spiro atoms. The van der Waals surface area contributed by atoms with Crippen LogP contribution < -0.4 is 0 Å². The van der Waals surface area contributed by atoms with E-state index in [2.05, 4.69) is 0 Å². The Hall–Kier alpha value is -3.26. The first-order chi connectivity index (χ1) is 14.9. The second-order valence-corrected chi connectivity index (χ2v) is 8.97. The lowest BCUT2D eigenvalue weighted by Gasteiger charge is -2.09.